The Morgan fingerprint density at radius 1 is 1.00 bits per heavy atom. The van der Waals surface area contributed by atoms with E-state index in [1.54, 1.807) is 0 Å². The van der Waals surface area contributed by atoms with Crippen molar-refractivity contribution in [3.05, 3.63) is 59.2 Å². The Hall–Kier alpha value is -1.96. The SMILES string of the molecule is Cc1ccc(N[C@H]2C[C@@H](C)Nc3cc(C)ccc32)cc1. The molecule has 2 N–H and O–H groups in total. The summed E-state index contributed by atoms with van der Waals surface area (Å²) in [5, 5.41) is 7.26. The van der Waals surface area contributed by atoms with Gasteiger partial charge in [0.15, 0.2) is 0 Å². The van der Waals surface area contributed by atoms with E-state index in [1.165, 1.54) is 28.1 Å². The van der Waals surface area contributed by atoms with Crippen molar-refractivity contribution in [2.75, 3.05) is 10.6 Å². The summed E-state index contributed by atoms with van der Waals surface area (Å²) in [5.74, 6) is 0. The highest BCUT2D eigenvalue weighted by atomic mass is 15.0. The Balaban J connectivity index is 1.88. The van der Waals surface area contributed by atoms with E-state index in [2.05, 4.69) is 73.9 Å². The predicted molar refractivity (Wildman–Crippen MR) is 86.4 cm³/mol. The van der Waals surface area contributed by atoms with Crippen molar-refractivity contribution in [3.8, 4) is 0 Å². The fraction of sp³-hybridized carbons (Fsp3) is 0.333. The van der Waals surface area contributed by atoms with Gasteiger partial charge in [-0.2, -0.15) is 0 Å². The van der Waals surface area contributed by atoms with Gasteiger partial charge < -0.3 is 10.6 Å². The summed E-state index contributed by atoms with van der Waals surface area (Å²) in [6.45, 7) is 6.51. The highest BCUT2D eigenvalue weighted by molar-refractivity contribution is 5.60. The van der Waals surface area contributed by atoms with Crippen molar-refractivity contribution in [1.82, 2.24) is 0 Å². The van der Waals surface area contributed by atoms with Gasteiger partial charge in [-0.15, -0.1) is 0 Å². The molecule has 3 rings (SSSR count). The van der Waals surface area contributed by atoms with Gasteiger partial charge in [-0.1, -0.05) is 29.8 Å². The van der Waals surface area contributed by atoms with E-state index < -0.39 is 0 Å². The zero-order chi connectivity index (χ0) is 14.1. The number of aryl methyl sites for hydroxylation is 2. The number of benzene rings is 2. The van der Waals surface area contributed by atoms with Crippen LogP contribution < -0.4 is 10.6 Å². The fourth-order valence-corrected chi connectivity index (χ4v) is 2.89. The van der Waals surface area contributed by atoms with Gasteiger partial charge in [-0.25, -0.2) is 0 Å². The molecule has 0 fully saturated rings. The second-order valence-corrected chi connectivity index (χ2v) is 5.93. The maximum Gasteiger partial charge on any atom is 0.0553 e. The van der Waals surface area contributed by atoms with Gasteiger partial charge in [0.05, 0.1) is 6.04 Å². The molecule has 0 saturated heterocycles. The van der Waals surface area contributed by atoms with Crippen molar-refractivity contribution in [2.45, 2.75) is 39.3 Å². The van der Waals surface area contributed by atoms with Gasteiger partial charge in [0.2, 0.25) is 0 Å². The summed E-state index contributed by atoms with van der Waals surface area (Å²) in [6, 6.07) is 16.2. The van der Waals surface area contributed by atoms with Crippen molar-refractivity contribution >= 4 is 11.4 Å². The molecule has 2 aromatic rings. The average molecular weight is 266 g/mol. The maximum absolute atomic E-state index is 3.67. The summed E-state index contributed by atoms with van der Waals surface area (Å²) in [4.78, 5) is 0. The second-order valence-electron chi connectivity index (χ2n) is 5.93. The lowest BCUT2D eigenvalue weighted by Crippen LogP contribution is -2.29. The molecular weight excluding hydrogens is 244 g/mol. The zero-order valence-electron chi connectivity index (χ0n) is 12.4. The number of nitrogens with one attached hydrogen (secondary N) is 2. The molecule has 0 amide bonds. The van der Waals surface area contributed by atoms with E-state index >= 15 is 0 Å². The van der Waals surface area contributed by atoms with Crippen LogP contribution in [0.1, 0.15) is 36.1 Å². The Bertz CT molecular complexity index is 601. The first kappa shape index (κ1) is 13.0. The monoisotopic (exact) mass is 266 g/mol. The Morgan fingerprint density at radius 3 is 2.45 bits per heavy atom. The molecule has 1 aliphatic rings. The Kier molecular flexibility index (Phi) is 3.39. The van der Waals surface area contributed by atoms with Gasteiger partial charge in [-0.05, 0) is 56.5 Å². The molecule has 0 radical (unpaired) electrons. The van der Waals surface area contributed by atoms with Crippen LogP contribution >= 0.6 is 0 Å². The van der Waals surface area contributed by atoms with Gasteiger partial charge in [-0.3, -0.25) is 0 Å². The molecule has 0 aliphatic carbocycles. The third kappa shape index (κ3) is 2.64. The molecule has 2 atom stereocenters. The standard InChI is InChI=1S/C18H22N2/c1-12-4-7-15(8-5-12)20-18-11-14(3)19-17-10-13(2)6-9-16(17)18/h4-10,14,18-20H,11H2,1-3H3/t14-,18+/m1/s1. The molecule has 0 spiro atoms. The molecule has 0 unspecified atom stereocenters. The first-order valence-electron chi connectivity index (χ1n) is 7.32. The molecule has 0 bridgehead atoms. The molecule has 2 nitrogen and oxygen atoms in total. The number of rotatable bonds is 2. The van der Waals surface area contributed by atoms with Crippen LogP contribution in [0.4, 0.5) is 11.4 Å². The largest absolute Gasteiger partial charge is 0.382 e. The topological polar surface area (TPSA) is 24.1 Å². The fourth-order valence-electron chi connectivity index (χ4n) is 2.89. The van der Waals surface area contributed by atoms with Gasteiger partial charge >= 0.3 is 0 Å². The number of fused-ring (bicyclic) bond motifs is 1. The van der Waals surface area contributed by atoms with E-state index in [-0.39, 0.29) is 0 Å². The average Bonchev–Trinajstić information content (AvgIpc) is 2.40. The van der Waals surface area contributed by atoms with Crippen LogP contribution in [0, 0.1) is 13.8 Å². The van der Waals surface area contributed by atoms with E-state index in [0.29, 0.717) is 12.1 Å². The molecule has 104 valence electrons. The summed E-state index contributed by atoms with van der Waals surface area (Å²) in [7, 11) is 0. The molecular formula is C18H22N2. The molecule has 2 heteroatoms. The van der Waals surface area contributed by atoms with Crippen molar-refractivity contribution < 1.29 is 0 Å². The molecule has 1 aliphatic heterocycles. The van der Waals surface area contributed by atoms with Crippen LogP contribution in [0.3, 0.4) is 0 Å². The normalized spacial score (nSPS) is 20.9. The van der Waals surface area contributed by atoms with Crippen molar-refractivity contribution in [2.24, 2.45) is 0 Å². The third-order valence-corrected chi connectivity index (χ3v) is 3.97. The minimum Gasteiger partial charge on any atom is -0.382 e. The summed E-state index contributed by atoms with van der Waals surface area (Å²) < 4.78 is 0. The maximum atomic E-state index is 3.67. The van der Waals surface area contributed by atoms with Crippen molar-refractivity contribution in [3.63, 3.8) is 0 Å². The minimum atomic E-state index is 0.379. The molecule has 1 heterocycles. The third-order valence-electron chi connectivity index (χ3n) is 3.97. The Morgan fingerprint density at radius 2 is 1.70 bits per heavy atom. The van der Waals surface area contributed by atoms with E-state index in [1.807, 2.05) is 0 Å². The smallest absolute Gasteiger partial charge is 0.0553 e. The van der Waals surface area contributed by atoms with Gasteiger partial charge in [0.1, 0.15) is 0 Å². The van der Waals surface area contributed by atoms with Gasteiger partial charge in [0.25, 0.3) is 0 Å². The molecule has 0 saturated carbocycles. The summed E-state index contributed by atoms with van der Waals surface area (Å²) >= 11 is 0. The number of hydrogen-bond acceptors (Lipinski definition) is 2. The Labute approximate surface area is 121 Å². The van der Waals surface area contributed by atoms with Crippen LogP contribution in [0.25, 0.3) is 0 Å². The minimum absolute atomic E-state index is 0.379. The molecule has 20 heavy (non-hydrogen) atoms. The van der Waals surface area contributed by atoms with Crippen LogP contribution in [0.2, 0.25) is 0 Å². The van der Waals surface area contributed by atoms with Crippen LogP contribution in [-0.2, 0) is 0 Å². The first-order valence-corrected chi connectivity index (χ1v) is 7.32. The number of hydrogen-bond donors (Lipinski definition) is 2. The highest BCUT2D eigenvalue weighted by Crippen LogP contribution is 2.35. The van der Waals surface area contributed by atoms with E-state index in [4.69, 9.17) is 0 Å². The van der Waals surface area contributed by atoms with E-state index in [0.717, 1.165) is 6.42 Å². The molecule has 0 aromatic heterocycles. The second kappa shape index (κ2) is 5.20. The van der Waals surface area contributed by atoms with Gasteiger partial charge in [0, 0.05) is 17.4 Å². The van der Waals surface area contributed by atoms with Crippen LogP contribution in [0.15, 0.2) is 42.5 Å². The zero-order valence-corrected chi connectivity index (χ0v) is 12.4. The first-order chi connectivity index (χ1) is 9.61. The van der Waals surface area contributed by atoms with E-state index in [9.17, 15) is 0 Å². The lowest BCUT2D eigenvalue weighted by molar-refractivity contribution is 0.599. The lowest BCUT2D eigenvalue weighted by atomic mass is 9.92. The number of anilines is 2. The highest BCUT2D eigenvalue weighted by Gasteiger charge is 2.23. The van der Waals surface area contributed by atoms with Crippen LogP contribution in [0.5, 0.6) is 0 Å². The molecule has 2 aromatic carbocycles. The van der Waals surface area contributed by atoms with Crippen LogP contribution in [-0.4, -0.2) is 6.04 Å². The predicted octanol–water partition coefficient (Wildman–Crippen LogP) is 4.66. The lowest BCUT2D eigenvalue weighted by Gasteiger charge is -2.32. The van der Waals surface area contributed by atoms with Crippen molar-refractivity contribution in [1.29, 1.82) is 0 Å². The quantitative estimate of drug-likeness (QED) is 0.826. The summed E-state index contributed by atoms with van der Waals surface area (Å²) in [5.41, 5.74) is 6.44. The summed E-state index contributed by atoms with van der Waals surface area (Å²) in [6.07, 6.45) is 1.10.